The average molecular weight is 379 g/mol. The maximum absolute atomic E-state index is 13.9. The molecule has 26 heavy (non-hydrogen) atoms. The first-order chi connectivity index (χ1) is 12.4. The van der Waals surface area contributed by atoms with Gasteiger partial charge in [0.05, 0.1) is 22.8 Å². The van der Waals surface area contributed by atoms with Gasteiger partial charge in [0.15, 0.2) is 0 Å². The predicted octanol–water partition coefficient (Wildman–Crippen LogP) is 3.08. The van der Waals surface area contributed by atoms with Gasteiger partial charge in [0.1, 0.15) is 11.6 Å². The maximum Gasteiger partial charge on any atom is 0.256 e. The normalized spacial score (nSPS) is 17.2. The number of nitrogens with one attached hydrogen (secondary N) is 1. The zero-order valence-corrected chi connectivity index (χ0v) is 15.1. The quantitative estimate of drug-likeness (QED) is 0.888. The highest BCUT2D eigenvalue weighted by Gasteiger charge is 2.28. The molecule has 1 N–H and O–H groups in total. The number of nitrogens with zero attached hydrogens (tertiary/aromatic N) is 2. The number of amides is 2. The highest BCUT2D eigenvalue weighted by atomic mass is 32.1. The zero-order valence-electron chi connectivity index (χ0n) is 14.3. The third-order valence-corrected chi connectivity index (χ3v) is 5.36. The Hall–Kier alpha value is -2.35. The number of carbonyl (C=O) groups is 2. The second-order valence-corrected chi connectivity index (χ2v) is 7.19. The fourth-order valence-electron chi connectivity index (χ4n) is 3.00. The van der Waals surface area contributed by atoms with E-state index in [-0.39, 0.29) is 17.4 Å². The van der Waals surface area contributed by atoms with Gasteiger partial charge in [-0.25, -0.2) is 13.8 Å². The van der Waals surface area contributed by atoms with Gasteiger partial charge >= 0.3 is 0 Å². The molecular formula is C18H19F2N3O2S. The fraction of sp³-hybridized carbons (Fsp3) is 0.389. The van der Waals surface area contributed by atoms with E-state index in [2.05, 4.69) is 10.3 Å². The van der Waals surface area contributed by atoms with Crippen molar-refractivity contribution in [3.05, 3.63) is 51.5 Å². The first kappa shape index (κ1) is 18.4. The van der Waals surface area contributed by atoms with Crippen LogP contribution in [0, 0.1) is 11.6 Å². The van der Waals surface area contributed by atoms with Crippen molar-refractivity contribution in [2.75, 3.05) is 13.1 Å². The summed E-state index contributed by atoms with van der Waals surface area (Å²) in [4.78, 5) is 29.7. The predicted molar refractivity (Wildman–Crippen MR) is 93.9 cm³/mol. The molecule has 1 aromatic carbocycles. The first-order valence-corrected chi connectivity index (χ1v) is 9.25. The van der Waals surface area contributed by atoms with E-state index in [0.717, 1.165) is 41.7 Å². The molecule has 3 rings (SSSR count). The van der Waals surface area contributed by atoms with Crippen LogP contribution in [0.1, 0.15) is 46.7 Å². The smallest absolute Gasteiger partial charge is 0.256 e. The summed E-state index contributed by atoms with van der Waals surface area (Å²) in [6.07, 6.45) is 1.65. The Bertz CT molecular complexity index is 825. The maximum atomic E-state index is 13.9. The lowest BCUT2D eigenvalue weighted by Gasteiger charge is -2.32. The number of piperidine rings is 1. The molecule has 0 spiro atoms. The number of benzene rings is 1. The minimum absolute atomic E-state index is 0.0559. The summed E-state index contributed by atoms with van der Waals surface area (Å²) in [6, 6.07) is 2.91. The molecule has 138 valence electrons. The van der Waals surface area contributed by atoms with Crippen molar-refractivity contribution in [2.45, 2.75) is 32.2 Å². The van der Waals surface area contributed by atoms with Gasteiger partial charge in [0.2, 0.25) is 5.91 Å². The summed E-state index contributed by atoms with van der Waals surface area (Å²) < 4.78 is 27.3. The summed E-state index contributed by atoms with van der Waals surface area (Å²) in [5.41, 5.74) is 0.538. The number of carbonyl (C=O) groups excluding carboxylic acids is 2. The summed E-state index contributed by atoms with van der Waals surface area (Å²) in [6.45, 7) is 2.75. The molecule has 2 amide bonds. The molecule has 0 aliphatic carbocycles. The van der Waals surface area contributed by atoms with Gasteiger partial charge in [-0.2, -0.15) is 0 Å². The topological polar surface area (TPSA) is 62.3 Å². The van der Waals surface area contributed by atoms with E-state index < -0.39 is 17.5 Å². The number of aromatic nitrogens is 1. The number of likely N-dealkylation sites (tertiary alicyclic amines) is 1. The zero-order chi connectivity index (χ0) is 18.7. The van der Waals surface area contributed by atoms with E-state index in [1.165, 1.54) is 18.3 Å². The van der Waals surface area contributed by atoms with Crippen molar-refractivity contribution in [3.63, 3.8) is 0 Å². The second kappa shape index (κ2) is 7.90. The largest absolute Gasteiger partial charge is 0.351 e. The third kappa shape index (κ3) is 4.24. The Morgan fingerprint density at radius 2 is 2.19 bits per heavy atom. The standard InChI is InChI=1S/C18H19F2N3O2S/c1-11(24)21-8-14-10-26-17(22-14)12-3-2-6-23(9-12)18(25)15-7-13(19)4-5-16(15)20/h4-5,7,10,12H,2-3,6,8-9H2,1H3,(H,21,24). The molecule has 1 saturated heterocycles. The van der Waals surface area contributed by atoms with Crippen LogP contribution in [-0.2, 0) is 11.3 Å². The van der Waals surface area contributed by atoms with Gasteiger partial charge in [-0.1, -0.05) is 0 Å². The van der Waals surface area contributed by atoms with Crippen LogP contribution in [0.5, 0.6) is 0 Å². The van der Waals surface area contributed by atoms with E-state index in [9.17, 15) is 18.4 Å². The van der Waals surface area contributed by atoms with Gasteiger partial charge < -0.3 is 10.2 Å². The van der Waals surface area contributed by atoms with Crippen molar-refractivity contribution in [1.82, 2.24) is 15.2 Å². The number of thiazole rings is 1. The summed E-state index contributed by atoms with van der Waals surface area (Å²) in [7, 11) is 0. The molecule has 8 heteroatoms. The highest BCUT2D eigenvalue weighted by molar-refractivity contribution is 7.09. The van der Waals surface area contributed by atoms with Crippen molar-refractivity contribution < 1.29 is 18.4 Å². The van der Waals surface area contributed by atoms with Crippen molar-refractivity contribution in [1.29, 1.82) is 0 Å². The lowest BCUT2D eigenvalue weighted by atomic mass is 9.98. The number of hydrogen-bond donors (Lipinski definition) is 1. The molecule has 1 aromatic heterocycles. The van der Waals surface area contributed by atoms with Crippen LogP contribution < -0.4 is 5.32 Å². The molecule has 5 nitrogen and oxygen atoms in total. The Labute approximate surface area is 154 Å². The van der Waals surface area contributed by atoms with Crippen molar-refractivity contribution in [3.8, 4) is 0 Å². The van der Waals surface area contributed by atoms with E-state index >= 15 is 0 Å². The van der Waals surface area contributed by atoms with Crippen LogP contribution in [-0.4, -0.2) is 34.8 Å². The Morgan fingerprint density at radius 1 is 1.38 bits per heavy atom. The van der Waals surface area contributed by atoms with Crippen molar-refractivity contribution >= 4 is 23.2 Å². The van der Waals surface area contributed by atoms with Crippen LogP contribution in [0.15, 0.2) is 23.6 Å². The summed E-state index contributed by atoms with van der Waals surface area (Å²) in [5.74, 6) is -1.91. The molecule has 1 atom stereocenters. The minimum Gasteiger partial charge on any atom is -0.351 e. The Morgan fingerprint density at radius 3 is 2.96 bits per heavy atom. The van der Waals surface area contributed by atoms with E-state index in [0.29, 0.717) is 19.6 Å². The number of halogens is 2. The van der Waals surface area contributed by atoms with Crippen LogP contribution in [0.3, 0.4) is 0 Å². The molecule has 1 fully saturated rings. The van der Waals surface area contributed by atoms with E-state index in [4.69, 9.17) is 0 Å². The molecule has 1 aliphatic rings. The molecule has 0 radical (unpaired) electrons. The van der Waals surface area contributed by atoms with Gasteiger partial charge in [-0.3, -0.25) is 9.59 Å². The molecule has 1 unspecified atom stereocenters. The first-order valence-electron chi connectivity index (χ1n) is 8.37. The number of hydrogen-bond acceptors (Lipinski definition) is 4. The molecule has 1 aliphatic heterocycles. The van der Waals surface area contributed by atoms with E-state index in [1.807, 2.05) is 5.38 Å². The molecule has 2 aromatic rings. The van der Waals surface area contributed by atoms with Gasteiger partial charge in [-0.15, -0.1) is 11.3 Å². The van der Waals surface area contributed by atoms with Crippen molar-refractivity contribution in [2.24, 2.45) is 0 Å². The Balaban J connectivity index is 1.70. The Kier molecular flexibility index (Phi) is 5.61. The molecular weight excluding hydrogens is 360 g/mol. The fourth-order valence-corrected chi connectivity index (χ4v) is 3.95. The molecule has 0 saturated carbocycles. The van der Waals surface area contributed by atoms with Gasteiger partial charge in [0.25, 0.3) is 5.91 Å². The lowest BCUT2D eigenvalue weighted by Crippen LogP contribution is -2.39. The summed E-state index contributed by atoms with van der Waals surface area (Å²) >= 11 is 1.49. The summed E-state index contributed by atoms with van der Waals surface area (Å²) in [5, 5.41) is 5.48. The van der Waals surface area contributed by atoms with E-state index in [1.54, 1.807) is 4.90 Å². The van der Waals surface area contributed by atoms with Gasteiger partial charge in [-0.05, 0) is 31.0 Å². The van der Waals surface area contributed by atoms with Crippen LogP contribution in [0.4, 0.5) is 8.78 Å². The third-order valence-electron chi connectivity index (χ3n) is 4.30. The van der Waals surface area contributed by atoms with Gasteiger partial charge in [0, 0.05) is 31.3 Å². The number of rotatable bonds is 4. The van der Waals surface area contributed by atoms with Crippen LogP contribution in [0.25, 0.3) is 0 Å². The highest BCUT2D eigenvalue weighted by Crippen LogP contribution is 2.30. The average Bonchev–Trinajstić information content (AvgIpc) is 3.10. The van der Waals surface area contributed by atoms with Crippen LogP contribution >= 0.6 is 11.3 Å². The molecule has 0 bridgehead atoms. The van der Waals surface area contributed by atoms with Crippen LogP contribution in [0.2, 0.25) is 0 Å². The monoisotopic (exact) mass is 379 g/mol. The lowest BCUT2D eigenvalue weighted by molar-refractivity contribution is -0.119. The SMILES string of the molecule is CC(=O)NCc1csc(C2CCCN(C(=O)c3cc(F)ccc3F)C2)n1. The minimum atomic E-state index is -0.717. The molecule has 2 heterocycles. The second-order valence-electron chi connectivity index (χ2n) is 6.30.